The van der Waals surface area contributed by atoms with Crippen LogP contribution < -0.4 is 4.74 Å². The lowest BCUT2D eigenvalue weighted by Crippen LogP contribution is -2.02. The summed E-state index contributed by atoms with van der Waals surface area (Å²) in [5.74, 6) is -1.29. The third-order valence-corrected chi connectivity index (χ3v) is 2.23. The molecule has 0 unspecified atom stereocenters. The summed E-state index contributed by atoms with van der Waals surface area (Å²) in [4.78, 5) is 3.44. The average Bonchev–Trinajstić information content (AvgIpc) is 2.17. The molecular weight excluding hydrogens is 263 g/mol. The van der Waals surface area contributed by atoms with E-state index in [1.807, 2.05) is 0 Å². The maximum atomic E-state index is 13.4. The lowest BCUT2D eigenvalue weighted by molar-refractivity contribution is 0.140. The van der Waals surface area contributed by atoms with Crippen molar-refractivity contribution >= 4 is 15.9 Å². The molecule has 0 aliphatic rings. The van der Waals surface area contributed by atoms with E-state index in [2.05, 4.69) is 25.7 Å². The second kappa shape index (κ2) is 4.63. The van der Waals surface area contributed by atoms with Gasteiger partial charge in [-0.25, -0.2) is 13.2 Å². The second-order valence-electron chi connectivity index (χ2n) is 2.45. The highest BCUT2D eigenvalue weighted by atomic mass is 79.9. The van der Waals surface area contributed by atoms with Crippen LogP contribution in [0.25, 0.3) is 0 Å². The zero-order valence-corrected chi connectivity index (χ0v) is 8.82. The lowest BCUT2D eigenvalue weighted by atomic mass is 10.2. The van der Waals surface area contributed by atoms with Crippen molar-refractivity contribution in [1.29, 1.82) is 0 Å². The first-order valence-electron chi connectivity index (χ1n) is 3.67. The van der Waals surface area contributed by atoms with Crippen molar-refractivity contribution in [1.82, 2.24) is 4.98 Å². The highest BCUT2D eigenvalue weighted by Crippen LogP contribution is 2.31. The molecule has 0 spiro atoms. The molecule has 1 rings (SSSR count). The SMILES string of the molecule is COc1c(C(F)F)ncc(CBr)c1F. The van der Waals surface area contributed by atoms with Crippen LogP contribution in [0.15, 0.2) is 6.20 Å². The quantitative estimate of drug-likeness (QED) is 0.787. The van der Waals surface area contributed by atoms with Crippen molar-refractivity contribution in [3.05, 3.63) is 23.3 Å². The molecule has 0 fully saturated rings. The molecule has 1 heterocycles. The van der Waals surface area contributed by atoms with Gasteiger partial charge in [-0.1, -0.05) is 15.9 Å². The molecule has 0 aliphatic heterocycles. The van der Waals surface area contributed by atoms with E-state index in [4.69, 9.17) is 0 Å². The van der Waals surface area contributed by atoms with Gasteiger partial charge in [0.25, 0.3) is 6.43 Å². The first kappa shape index (κ1) is 11.3. The minimum atomic E-state index is -2.84. The van der Waals surface area contributed by atoms with Crippen molar-refractivity contribution in [2.75, 3.05) is 7.11 Å². The Bertz CT molecular complexity index is 333. The predicted molar refractivity (Wildman–Crippen MR) is 48.3 cm³/mol. The smallest absolute Gasteiger partial charge is 0.284 e. The van der Waals surface area contributed by atoms with E-state index < -0.39 is 23.7 Å². The zero-order chi connectivity index (χ0) is 10.7. The Morgan fingerprint density at radius 3 is 2.64 bits per heavy atom. The fraction of sp³-hybridized carbons (Fsp3) is 0.375. The molecule has 2 nitrogen and oxygen atoms in total. The number of hydrogen-bond acceptors (Lipinski definition) is 2. The summed E-state index contributed by atoms with van der Waals surface area (Å²) in [6, 6.07) is 0. The summed E-state index contributed by atoms with van der Waals surface area (Å²) in [5.41, 5.74) is -0.485. The minimum Gasteiger partial charge on any atom is -0.492 e. The summed E-state index contributed by atoms with van der Waals surface area (Å²) < 4.78 is 42.5. The second-order valence-corrected chi connectivity index (χ2v) is 3.01. The number of alkyl halides is 3. The van der Waals surface area contributed by atoms with Crippen molar-refractivity contribution in [2.24, 2.45) is 0 Å². The number of pyridine rings is 1. The van der Waals surface area contributed by atoms with Crippen LogP contribution >= 0.6 is 15.9 Å². The fourth-order valence-electron chi connectivity index (χ4n) is 0.964. The summed E-state index contributed by atoms with van der Waals surface area (Å²) >= 11 is 3.01. The van der Waals surface area contributed by atoms with Gasteiger partial charge in [-0.2, -0.15) is 0 Å². The van der Waals surface area contributed by atoms with E-state index in [-0.39, 0.29) is 10.9 Å². The van der Waals surface area contributed by atoms with Gasteiger partial charge in [0, 0.05) is 17.1 Å². The van der Waals surface area contributed by atoms with Gasteiger partial charge in [-0.05, 0) is 0 Å². The molecule has 0 bridgehead atoms. The number of methoxy groups -OCH3 is 1. The zero-order valence-electron chi connectivity index (χ0n) is 7.23. The fourth-order valence-corrected chi connectivity index (χ4v) is 1.35. The Morgan fingerprint density at radius 1 is 1.57 bits per heavy atom. The van der Waals surface area contributed by atoms with E-state index in [0.717, 1.165) is 13.3 Å². The Hall–Kier alpha value is -0.780. The molecule has 14 heavy (non-hydrogen) atoms. The van der Waals surface area contributed by atoms with E-state index in [1.165, 1.54) is 0 Å². The largest absolute Gasteiger partial charge is 0.492 e. The Kier molecular flexibility index (Phi) is 3.74. The summed E-state index contributed by atoms with van der Waals surface area (Å²) in [7, 11) is 1.13. The van der Waals surface area contributed by atoms with Crippen LogP contribution in [0.1, 0.15) is 17.7 Å². The summed E-state index contributed by atoms with van der Waals surface area (Å²) in [5, 5.41) is 0.200. The van der Waals surface area contributed by atoms with Crippen molar-refractivity contribution in [2.45, 2.75) is 11.8 Å². The number of nitrogens with zero attached hydrogens (tertiary/aromatic N) is 1. The number of hydrogen-bond donors (Lipinski definition) is 0. The molecular formula is C8H7BrF3NO. The highest BCUT2D eigenvalue weighted by Gasteiger charge is 2.21. The van der Waals surface area contributed by atoms with Crippen LogP contribution in [0.2, 0.25) is 0 Å². The average molecular weight is 270 g/mol. The van der Waals surface area contributed by atoms with Crippen LogP contribution in [-0.4, -0.2) is 12.1 Å². The van der Waals surface area contributed by atoms with Gasteiger partial charge in [0.2, 0.25) is 0 Å². The molecule has 0 aromatic carbocycles. The van der Waals surface area contributed by atoms with Crippen molar-refractivity contribution in [3.63, 3.8) is 0 Å². The van der Waals surface area contributed by atoms with Gasteiger partial charge in [-0.3, -0.25) is 4.98 Å². The highest BCUT2D eigenvalue weighted by molar-refractivity contribution is 9.08. The topological polar surface area (TPSA) is 22.1 Å². The molecule has 1 aromatic heterocycles. The van der Waals surface area contributed by atoms with Gasteiger partial charge in [0.05, 0.1) is 7.11 Å². The molecule has 0 radical (unpaired) electrons. The molecule has 0 aliphatic carbocycles. The van der Waals surface area contributed by atoms with E-state index in [0.29, 0.717) is 0 Å². The molecule has 78 valence electrons. The first-order chi connectivity index (χ1) is 6.61. The Balaban J connectivity index is 3.28. The van der Waals surface area contributed by atoms with Crippen molar-refractivity contribution in [3.8, 4) is 5.75 Å². The normalized spacial score (nSPS) is 10.7. The van der Waals surface area contributed by atoms with E-state index in [1.54, 1.807) is 0 Å². The molecule has 0 saturated heterocycles. The van der Waals surface area contributed by atoms with Gasteiger partial charge >= 0.3 is 0 Å². The van der Waals surface area contributed by atoms with Crippen molar-refractivity contribution < 1.29 is 17.9 Å². The number of halogens is 4. The van der Waals surface area contributed by atoms with Crippen LogP contribution in [0.5, 0.6) is 5.75 Å². The van der Waals surface area contributed by atoms with Crippen LogP contribution in [0, 0.1) is 5.82 Å². The molecule has 6 heteroatoms. The van der Waals surface area contributed by atoms with E-state index in [9.17, 15) is 13.2 Å². The number of rotatable bonds is 3. The van der Waals surface area contributed by atoms with Crippen LogP contribution in [0.3, 0.4) is 0 Å². The Morgan fingerprint density at radius 2 is 2.21 bits per heavy atom. The van der Waals surface area contributed by atoms with Gasteiger partial charge in [0.15, 0.2) is 17.3 Å². The van der Waals surface area contributed by atoms with Crippen LogP contribution in [0.4, 0.5) is 13.2 Å². The lowest BCUT2D eigenvalue weighted by Gasteiger charge is -2.09. The molecule has 1 aromatic rings. The predicted octanol–water partition coefficient (Wildman–Crippen LogP) is 3.06. The maximum Gasteiger partial charge on any atom is 0.284 e. The van der Waals surface area contributed by atoms with Gasteiger partial charge in [-0.15, -0.1) is 0 Å². The van der Waals surface area contributed by atoms with E-state index >= 15 is 0 Å². The minimum absolute atomic E-state index is 0.186. The number of ether oxygens (including phenoxy) is 1. The molecule has 0 saturated carbocycles. The molecule has 0 N–H and O–H groups in total. The molecule has 0 amide bonds. The first-order valence-corrected chi connectivity index (χ1v) is 4.79. The van der Waals surface area contributed by atoms with Gasteiger partial charge < -0.3 is 4.74 Å². The third-order valence-electron chi connectivity index (χ3n) is 1.63. The Labute approximate surface area is 87.2 Å². The number of aromatic nitrogens is 1. The van der Waals surface area contributed by atoms with Crippen LogP contribution in [-0.2, 0) is 5.33 Å². The maximum absolute atomic E-state index is 13.4. The summed E-state index contributed by atoms with van der Waals surface area (Å²) in [6.07, 6.45) is -1.78. The monoisotopic (exact) mass is 269 g/mol. The molecule has 0 atom stereocenters. The third kappa shape index (κ3) is 2.00. The summed E-state index contributed by atoms with van der Waals surface area (Å²) in [6.45, 7) is 0. The standard InChI is InChI=1S/C8H7BrF3NO/c1-14-7-5(10)4(2-9)3-13-6(7)8(11)12/h3,8H,2H2,1H3. The van der Waals surface area contributed by atoms with Gasteiger partial charge in [0.1, 0.15) is 0 Å².